The molecular formula is C16H20BrNS. The molecule has 0 aliphatic heterocycles. The number of benzene rings is 1. The molecule has 0 spiro atoms. The van der Waals surface area contributed by atoms with Crippen LogP contribution in [0.15, 0.2) is 46.3 Å². The minimum absolute atomic E-state index is 0.511. The largest absolute Gasteiger partial charge is 0.314 e. The molecule has 0 saturated carbocycles. The molecule has 0 amide bonds. The summed E-state index contributed by atoms with van der Waals surface area (Å²) < 4.78 is 1.21. The molecule has 102 valence electrons. The Morgan fingerprint density at radius 3 is 2.58 bits per heavy atom. The lowest BCUT2D eigenvalue weighted by molar-refractivity contribution is 0.527. The summed E-state index contributed by atoms with van der Waals surface area (Å²) in [5, 5.41) is 5.72. The Balaban J connectivity index is 2.16. The van der Waals surface area contributed by atoms with Crippen LogP contribution in [0, 0.1) is 0 Å². The van der Waals surface area contributed by atoms with Crippen LogP contribution < -0.4 is 5.32 Å². The van der Waals surface area contributed by atoms with Crippen molar-refractivity contribution in [3.8, 4) is 0 Å². The summed E-state index contributed by atoms with van der Waals surface area (Å²) in [4.78, 5) is 1.45. The van der Waals surface area contributed by atoms with E-state index in [-0.39, 0.29) is 0 Å². The molecule has 3 heteroatoms. The smallest absolute Gasteiger partial charge is 0.0210 e. The van der Waals surface area contributed by atoms with Gasteiger partial charge in [0.2, 0.25) is 0 Å². The Morgan fingerprint density at radius 2 is 1.95 bits per heavy atom. The van der Waals surface area contributed by atoms with Crippen LogP contribution in [0.3, 0.4) is 0 Å². The zero-order chi connectivity index (χ0) is 13.7. The number of rotatable bonds is 6. The molecule has 2 aromatic rings. The second-order valence-electron chi connectivity index (χ2n) is 5.06. The predicted molar refractivity (Wildman–Crippen MR) is 88.0 cm³/mol. The third kappa shape index (κ3) is 4.44. The summed E-state index contributed by atoms with van der Waals surface area (Å²) in [6.45, 7) is 5.41. The molecular weight excluding hydrogens is 318 g/mol. The van der Waals surface area contributed by atoms with Crippen molar-refractivity contribution in [1.82, 2.24) is 5.32 Å². The lowest BCUT2D eigenvalue weighted by Crippen LogP contribution is -2.29. The van der Waals surface area contributed by atoms with Gasteiger partial charge in [-0.1, -0.05) is 54.0 Å². The first-order valence-corrected chi connectivity index (χ1v) is 8.34. The standard InChI is InChI=1S/C16H20BrNS/c1-12(2)18-11-13(10-14-6-5-9-19-14)15-7-3-4-8-16(15)17/h3-9,12-13,18H,10-11H2,1-2H3. The Kier molecular flexibility index (Phi) is 5.61. The van der Waals surface area contributed by atoms with Crippen LogP contribution in [0.4, 0.5) is 0 Å². The van der Waals surface area contributed by atoms with Gasteiger partial charge in [-0.05, 0) is 29.5 Å². The van der Waals surface area contributed by atoms with Crippen molar-refractivity contribution in [3.63, 3.8) is 0 Å². The van der Waals surface area contributed by atoms with Gasteiger partial charge in [0, 0.05) is 27.9 Å². The third-order valence-electron chi connectivity index (χ3n) is 3.15. The van der Waals surface area contributed by atoms with Gasteiger partial charge in [0.1, 0.15) is 0 Å². The van der Waals surface area contributed by atoms with Gasteiger partial charge >= 0.3 is 0 Å². The van der Waals surface area contributed by atoms with Crippen molar-refractivity contribution in [1.29, 1.82) is 0 Å². The molecule has 2 rings (SSSR count). The van der Waals surface area contributed by atoms with Crippen molar-refractivity contribution in [3.05, 3.63) is 56.7 Å². The van der Waals surface area contributed by atoms with Gasteiger partial charge in [0.05, 0.1) is 0 Å². The van der Waals surface area contributed by atoms with Gasteiger partial charge < -0.3 is 5.32 Å². The number of hydrogen-bond donors (Lipinski definition) is 1. The fourth-order valence-electron chi connectivity index (χ4n) is 2.15. The first-order chi connectivity index (χ1) is 9.16. The van der Waals surface area contributed by atoms with Crippen molar-refractivity contribution in [2.75, 3.05) is 6.54 Å². The lowest BCUT2D eigenvalue weighted by atomic mass is 9.94. The van der Waals surface area contributed by atoms with E-state index in [1.165, 1.54) is 14.9 Å². The summed E-state index contributed by atoms with van der Waals surface area (Å²) in [6.07, 6.45) is 1.10. The molecule has 0 fully saturated rings. The number of halogens is 1. The minimum atomic E-state index is 0.511. The number of nitrogens with one attached hydrogen (secondary N) is 1. The second kappa shape index (κ2) is 7.22. The molecule has 1 heterocycles. The second-order valence-corrected chi connectivity index (χ2v) is 6.95. The van der Waals surface area contributed by atoms with Crippen LogP contribution in [-0.2, 0) is 6.42 Å². The van der Waals surface area contributed by atoms with E-state index in [0.29, 0.717) is 12.0 Å². The normalized spacial score (nSPS) is 12.8. The van der Waals surface area contributed by atoms with Crippen molar-refractivity contribution >= 4 is 27.3 Å². The molecule has 1 aromatic heterocycles. The third-order valence-corrected chi connectivity index (χ3v) is 4.77. The van der Waals surface area contributed by atoms with Crippen LogP contribution in [0.25, 0.3) is 0 Å². The maximum Gasteiger partial charge on any atom is 0.0210 e. The van der Waals surface area contributed by atoms with E-state index in [1.54, 1.807) is 0 Å². The SMILES string of the molecule is CC(C)NCC(Cc1cccs1)c1ccccc1Br. The van der Waals surface area contributed by atoms with E-state index in [4.69, 9.17) is 0 Å². The van der Waals surface area contributed by atoms with E-state index in [9.17, 15) is 0 Å². The van der Waals surface area contributed by atoms with E-state index in [1.807, 2.05) is 11.3 Å². The molecule has 1 unspecified atom stereocenters. The highest BCUT2D eigenvalue weighted by Crippen LogP contribution is 2.28. The first kappa shape index (κ1) is 14.8. The quantitative estimate of drug-likeness (QED) is 0.795. The Morgan fingerprint density at radius 1 is 1.16 bits per heavy atom. The molecule has 1 aromatic carbocycles. The highest BCUT2D eigenvalue weighted by molar-refractivity contribution is 9.10. The summed E-state index contributed by atoms with van der Waals surface area (Å²) in [6, 6.07) is 13.4. The fourth-order valence-corrected chi connectivity index (χ4v) is 3.54. The maximum atomic E-state index is 3.68. The summed E-state index contributed by atoms with van der Waals surface area (Å²) in [5.74, 6) is 0.511. The highest BCUT2D eigenvalue weighted by Gasteiger charge is 2.15. The average molecular weight is 338 g/mol. The van der Waals surface area contributed by atoms with E-state index in [0.717, 1.165) is 13.0 Å². The fraction of sp³-hybridized carbons (Fsp3) is 0.375. The van der Waals surface area contributed by atoms with E-state index in [2.05, 4.69) is 76.9 Å². The summed E-state index contributed by atoms with van der Waals surface area (Å²) >= 11 is 5.53. The van der Waals surface area contributed by atoms with E-state index < -0.39 is 0 Å². The Bertz CT molecular complexity index is 493. The molecule has 19 heavy (non-hydrogen) atoms. The average Bonchev–Trinajstić information content (AvgIpc) is 2.88. The molecule has 0 radical (unpaired) electrons. The van der Waals surface area contributed by atoms with Crippen LogP contribution in [0.5, 0.6) is 0 Å². The number of thiophene rings is 1. The lowest BCUT2D eigenvalue weighted by Gasteiger charge is -2.20. The zero-order valence-electron chi connectivity index (χ0n) is 11.4. The van der Waals surface area contributed by atoms with Crippen LogP contribution in [0.1, 0.15) is 30.2 Å². The zero-order valence-corrected chi connectivity index (χ0v) is 13.8. The molecule has 1 N–H and O–H groups in total. The van der Waals surface area contributed by atoms with Gasteiger partial charge in [-0.15, -0.1) is 11.3 Å². The summed E-state index contributed by atoms with van der Waals surface area (Å²) in [7, 11) is 0. The van der Waals surface area contributed by atoms with Crippen LogP contribution >= 0.6 is 27.3 Å². The van der Waals surface area contributed by atoms with Gasteiger partial charge in [-0.2, -0.15) is 0 Å². The molecule has 1 atom stereocenters. The van der Waals surface area contributed by atoms with Gasteiger partial charge in [-0.3, -0.25) is 0 Å². The van der Waals surface area contributed by atoms with Crippen LogP contribution in [0.2, 0.25) is 0 Å². The molecule has 0 aliphatic rings. The molecule has 0 bridgehead atoms. The Hall–Kier alpha value is -0.640. The first-order valence-electron chi connectivity index (χ1n) is 6.67. The monoisotopic (exact) mass is 337 g/mol. The maximum absolute atomic E-state index is 3.68. The Labute approximate surface area is 128 Å². The number of hydrogen-bond acceptors (Lipinski definition) is 2. The van der Waals surface area contributed by atoms with Crippen molar-refractivity contribution < 1.29 is 0 Å². The van der Waals surface area contributed by atoms with Gasteiger partial charge in [0.15, 0.2) is 0 Å². The minimum Gasteiger partial charge on any atom is -0.314 e. The van der Waals surface area contributed by atoms with Gasteiger partial charge in [0.25, 0.3) is 0 Å². The highest BCUT2D eigenvalue weighted by atomic mass is 79.9. The predicted octanol–water partition coefficient (Wildman–Crippen LogP) is 4.83. The molecule has 0 saturated heterocycles. The van der Waals surface area contributed by atoms with Crippen molar-refractivity contribution in [2.45, 2.75) is 32.2 Å². The van der Waals surface area contributed by atoms with E-state index >= 15 is 0 Å². The molecule has 1 nitrogen and oxygen atoms in total. The topological polar surface area (TPSA) is 12.0 Å². The van der Waals surface area contributed by atoms with Gasteiger partial charge in [-0.25, -0.2) is 0 Å². The molecule has 0 aliphatic carbocycles. The summed E-state index contributed by atoms with van der Waals surface area (Å²) in [5.41, 5.74) is 1.39. The van der Waals surface area contributed by atoms with Crippen molar-refractivity contribution in [2.24, 2.45) is 0 Å². The van der Waals surface area contributed by atoms with Crippen LogP contribution in [-0.4, -0.2) is 12.6 Å².